The zero-order chi connectivity index (χ0) is 31.9. The lowest BCUT2D eigenvalue weighted by molar-refractivity contribution is -0.449. The van der Waals surface area contributed by atoms with E-state index >= 15 is 0 Å². The maximum Gasteiger partial charge on any atom is 0.460 e. The number of anilines is 2. The second-order valence-electron chi connectivity index (χ2n) is 8.15. The normalized spacial score (nSPS) is 14.0. The Hall–Kier alpha value is -3.67. The van der Waals surface area contributed by atoms with Crippen molar-refractivity contribution in [1.29, 1.82) is 0 Å². The van der Waals surface area contributed by atoms with Crippen molar-refractivity contribution in [2.24, 2.45) is 0 Å². The summed E-state index contributed by atoms with van der Waals surface area (Å²) in [5.41, 5.74) is -1.33. The molecule has 2 N–H and O–H groups in total. The van der Waals surface area contributed by atoms with E-state index in [1.54, 1.807) is 6.07 Å². The molecule has 0 saturated heterocycles. The molecule has 2 aromatic carbocycles. The molecule has 0 unspecified atom stereocenters. The molecule has 2 rings (SSSR count). The third-order valence-electron chi connectivity index (χ3n) is 5.27. The monoisotopic (exact) mass is 622 g/mol. The fourth-order valence-electron chi connectivity index (χ4n) is 2.99. The summed E-state index contributed by atoms with van der Waals surface area (Å²) in [5, 5.41) is 2.88. The number of para-hydroxylation sites is 2. The Morgan fingerprint density at radius 1 is 0.512 bits per heavy atom. The Morgan fingerprint density at radius 2 is 0.902 bits per heavy atom. The van der Waals surface area contributed by atoms with Crippen molar-refractivity contribution in [1.82, 2.24) is 0 Å². The highest BCUT2D eigenvalue weighted by atomic mass is 19.4. The number of hydrogen-bond acceptors (Lipinski definition) is 2. The fourth-order valence-corrected chi connectivity index (χ4v) is 2.99. The van der Waals surface area contributed by atoms with Gasteiger partial charge in [0, 0.05) is 0 Å². The molecule has 0 atom stereocenters. The van der Waals surface area contributed by atoms with Gasteiger partial charge >= 0.3 is 47.6 Å². The van der Waals surface area contributed by atoms with Crippen LogP contribution in [-0.2, 0) is 16.0 Å². The highest BCUT2D eigenvalue weighted by molar-refractivity contribution is 6.02. The minimum atomic E-state index is -8.52. The molecule has 4 nitrogen and oxygen atoms in total. The van der Waals surface area contributed by atoms with Gasteiger partial charge in [0.2, 0.25) is 5.91 Å². The molecule has 0 radical (unpaired) electrons. The lowest BCUT2D eigenvalue weighted by atomic mass is 9.91. The molecule has 0 aliphatic rings. The van der Waals surface area contributed by atoms with Gasteiger partial charge in [-0.3, -0.25) is 9.59 Å². The van der Waals surface area contributed by atoms with Crippen LogP contribution < -0.4 is 10.6 Å². The molecule has 0 saturated carbocycles. The Labute approximate surface area is 218 Å². The molecule has 0 fully saturated rings. The lowest BCUT2D eigenvalue weighted by Gasteiger charge is -2.41. The van der Waals surface area contributed by atoms with Crippen molar-refractivity contribution in [2.75, 3.05) is 10.6 Å². The van der Waals surface area contributed by atoms with E-state index in [1.807, 2.05) is 5.32 Å². The molecule has 0 bridgehead atoms. The van der Waals surface area contributed by atoms with Crippen LogP contribution in [0.15, 0.2) is 54.6 Å². The van der Waals surface area contributed by atoms with Gasteiger partial charge in [-0.25, -0.2) is 0 Å². The standard InChI is InChI=1S/C22H13F15N2O2/c23-16(24,17(25,26)18(27,28)19(29,30)20(31,32)21(33,34)22(35,36)37)15(41)39-13-9-5-4-8-12(13)38-14(40)10-11-6-2-1-3-7-11/h1-9H,10H2,(H,38,40)(H,39,41). The van der Waals surface area contributed by atoms with E-state index in [0.29, 0.717) is 11.6 Å². The van der Waals surface area contributed by atoms with Crippen molar-refractivity contribution in [3.8, 4) is 0 Å². The molecule has 0 spiro atoms. The second kappa shape index (κ2) is 10.6. The third-order valence-corrected chi connectivity index (χ3v) is 5.27. The summed E-state index contributed by atoms with van der Waals surface area (Å²) in [6.45, 7) is 0. The molecule has 228 valence electrons. The zero-order valence-corrected chi connectivity index (χ0v) is 19.4. The Bertz CT molecular complexity index is 1260. The van der Waals surface area contributed by atoms with Crippen LogP contribution in [0.3, 0.4) is 0 Å². The number of halogens is 15. The molecular weight excluding hydrogens is 609 g/mol. The van der Waals surface area contributed by atoms with E-state index < -0.39 is 71.3 Å². The number of benzene rings is 2. The number of hydrogen-bond donors (Lipinski definition) is 2. The summed E-state index contributed by atoms with van der Waals surface area (Å²) >= 11 is 0. The van der Waals surface area contributed by atoms with Crippen LogP contribution in [0.2, 0.25) is 0 Å². The Morgan fingerprint density at radius 3 is 1.37 bits per heavy atom. The first kappa shape index (κ1) is 33.5. The molecule has 0 aliphatic heterocycles. The van der Waals surface area contributed by atoms with E-state index in [2.05, 4.69) is 0 Å². The van der Waals surface area contributed by atoms with E-state index in [9.17, 15) is 75.4 Å². The van der Waals surface area contributed by atoms with Crippen LogP contribution in [-0.4, -0.2) is 53.5 Å². The van der Waals surface area contributed by atoms with Gasteiger partial charge in [0.25, 0.3) is 0 Å². The lowest BCUT2D eigenvalue weighted by Crippen LogP contribution is -2.73. The molecule has 19 heteroatoms. The van der Waals surface area contributed by atoms with Gasteiger partial charge in [-0.1, -0.05) is 42.5 Å². The zero-order valence-electron chi connectivity index (χ0n) is 19.4. The number of carbonyl (C=O) groups is 2. The van der Waals surface area contributed by atoms with Gasteiger partial charge < -0.3 is 10.6 Å². The van der Waals surface area contributed by atoms with Gasteiger partial charge in [-0.15, -0.1) is 0 Å². The summed E-state index contributed by atoms with van der Waals surface area (Å²) in [5.74, 6) is -53.2. The molecule has 2 aromatic rings. The Kier molecular flexibility index (Phi) is 8.69. The highest BCUT2D eigenvalue weighted by Crippen LogP contribution is 2.62. The Balaban J connectivity index is 2.39. The molecular formula is C22H13F15N2O2. The minimum Gasteiger partial charge on any atom is -0.324 e. The summed E-state index contributed by atoms with van der Waals surface area (Å²) in [6.07, 6.45) is -8.13. The van der Waals surface area contributed by atoms with Crippen molar-refractivity contribution in [3.05, 3.63) is 60.2 Å². The first-order valence-corrected chi connectivity index (χ1v) is 10.4. The predicted octanol–water partition coefficient (Wildman–Crippen LogP) is 7.18. The van der Waals surface area contributed by atoms with Gasteiger partial charge in [0.05, 0.1) is 17.8 Å². The molecule has 0 aromatic heterocycles. The summed E-state index contributed by atoms with van der Waals surface area (Å²) in [6, 6.07) is 10.9. The first-order chi connectivity index (χ1) is 18.4. The summed E-state index contributed by atoms with van der Waals surface area (Å²) < 4.78 is 200. The van der Waals surface area contributed by atoms with Crippen molar-refractivity contribution >= 4 is 23.2 Å². The maximum atomic E-state index is 14.2. The van der Waals surface area contributed by atoms with Crippen LogP contribution in [0.5, 0.6) is 0 Å². The number of nitrogens with one attached hydrogen (secondary N) is 2. The third kappa shape index (κ3) is 5.61. The van der Waals surface area contributed by atoms with E-state index in [-0.39, 0.29) is 0 Å². The fraction of sp³-hybridized carbons (Fsp3) is 0.364. The van der Waals surface area contributed by atoms with Crippen LogP contribution >= 0.6 is 0 Å². The number of amides is 2. The average Bonchev–Trinajstić information content (AvgIpc) is 2.84. The van der Waals surface area contributed by atoms with Crippen LogP contribution in [0.1, 0.15) is 5.56 Å². The van der Waals surface area contributed by atoms with Crippen LogP contribution in [0.25, 0.3) is 0 Å². The SMILES string of the molecule is O=C(Cc1ccccc1)Nc1ccccc1NC(=O)C(F)(F)C(F)(F)C(F)(F)C(F)(F)C(F)(F)C(F)(F)C(F)(F)F. The van der Waals surface area contributed by atoms with Crippen LogP contribution in [0.4, 0.5) is 77.2 Å². The van der Waals surface area contributed by atoms with E-state index in [1.165, 1.54) is 24.3 Å². The highest BCUT2D eigenvalue weighted by Gasteiger charge is 2.94. The van der Waals surface area contributed by atoms with Gasteiger partial charge in [-0.05, 0) is 17.7 Å². The summed E-state index contributed by atoms with van der Waals surface area (Å²) in [7, 11) is 0. The molecule has 0 heterocycles. The van der Waals surface area contributed by atoms with Crippen LogP contribution in [0, 0.1) is 0 Å². The molecule has 2 amide bonds. The maximum absolute atomic E-state index is 14.2. The number of rotatable bonds is 10. The van der Waals surface area contributed by atoms with Gasteiger partial charge in [0.15, 0.2) is 0 Å². The smallest absolute Gasteiger partial charge is 0.324 e. The van der Waals surface area contributed by atoms with Gasteiger partial charge in [-0.2, -0.15) is 65.9 Å². The number of alkyl halides is 15. The molecule has 41 heavy (non-hydrogen) atoms. The minimum absolute atomic E-state index is 0.383. The number of carbonyl (C=O) groups excluding carboxylic acids is 2. The van der Waals surface area contributed by atoms with Crippen molar-refractivity contribution in [3.63, 3.8) is 0 Å². The van der Waals surface area contributed by atoms with E-state index in [4.69, 9.17) is 0 Å². The van der Waals surface area contributed by atoms with E-state index in [0.717, 1.165) is 23.5 Å². The first-order valence-electron chi connectivity index (χ1n) is 10.4. The second-order valence-corrected chi connectivity index (χ2v) is 8.15. The van der Waals surface area contributed by atoms with Crippen molar-refractivity contribution in [2.45, 2.75) is 48.1 Å². The van der Waals surface area contributed by atoms with Gasteiger partial charge in [0.1, 0.15) is 0 Å². The van der Waals surface area contributed by atoms with Crippen molar-refractivity contribution < 1.29 is 75.4 Å². The molecule has 0 aliphatic carbocycles. The topological polar surface area (TPSA) is 58.2 Å². The summed E-state index contributed by atoms with van der Waals surface area (Å²) in [4.78, 5) is 24.0. The quantitative estimate of drug-likeness (QED) is 0.276. The predicted molar refractivity (Wildman–Crippen MR) is 110 cm³/mol. The average molecular weight is 622 g/mol. The largest absolute Gasteiger partial charge is 0.460 e.